The summed E-state index contributed by atoms with van der Waals surface area (Å²) in [5.41, 5.74) is -2.17. The Morgan fingerprint density at radius 1 is 0.974 bits per heavy atom. The van der Waals surface area contributed by atoms with Crippen LogP contribution in [0.1, 0.15) is 48.0 Å². The SMILES string of the molecule is CC(C)C[C@H](CO)N1C(=O)[C@@H]2[C@H]3C(=O)N(c4ccccc4)CC=C[C@@]3(C)O[C@@]23C=CCN(C(C)(C)C)C(=O)C13. The lowest BCUT2D eigenvalue weighted by Crippen LogP contribution is -2.61. The molecule has 1 N–H and O–H groups in total. The molecule has 6 atom stereocenters. The third-order valence-corrected chi connectivity index (χ3v) is 8.72. The second-order valence-electron chi connectivity index (χ2n) is 12.9. The van der Waals surface area contributed by atoms with E-state index in [1.807, 2.05) is 96.2 Å². The van der Waals surface area contributed by atoms with Gasteiger partial charge >= 0.3 is 0 Å². The highest BCUT2D eigenvalue weighted by Crippen LogP contribution is 2.58. The highest BCUT2D eigenvalue weighted by atomic mass is 16.5. The van der Waals surface area contributed by atoms with E-state index < -0.39 is 40.7 Å². The zero-order valence-corrected chi connectivity index (χ0v) is 23.8. The monoisotopic (exact) mass is 535 g/mol. The number of hydrogen-bond acceptors (Lipinski definition) is 5. The molecule has 39 heavy (non-hydrogen) atoms. The average molecular weight is 536 g/mol. The summed E-state index contributed by atoms with van der Waals surface area (Å²) in [6.07, 6.45) is 8.10. The van der Waals surface area contributed by atoms with Gasteiger partial charge in [0, 0.05) is 24.3 Å². The zero-order chi connectivity index (χ0) is 28.3. The van der Waals surface area contributed by atoms with Crippen molar-refractivity contribution in [1.82, 2.24) is 9.80 Å². The molecule has 5 rings (SSSR count). The first kappa shape index (κ1) is 27.6. The molecule has 8 heteroatoms. The fourth-order valence-electron chi connectivity index (χ4n) is 7.12. The number of hydrogen-bond donors (Lipinski definition) is 1. The van der Waals surface area contributed by atoms with Crippen molar-refractivity contribution in [3.8, 4) is 0 Å². The Balaban J connectivity index is 1.68. The van der Waals surface area contributed by atoms with Gasteiger partial charge in [-0.15, -0.1) is 0 Å². The van der Waals surface area contributed by atoms with Gasteiger partial charge in [0.2, 0.25) is 17.7 Å². The molecule has 0 aliphatic carbocycles. The van der Waals surface area contributed by atoms with Crippen LogP contribution in [-0.4, -0.2) is 81.1 Å². The molecule has 4 aliphatic rings. The number of rotatable bonds is 5. The number of ether oxygens (including phenoxy) is 1. The summed E-state index contributed by atoms with van der Waals surface area (Å²) in [5, 5.41) is 10.5. The van der Waals surface area contributed by atoms with Crippen molar-refractivity contribution >= 4 is 23.4 Å². The molecule has 4 aliphatic heterocycles. The topological polar surface area (TPSA) is 90.4 Å². The highest BCUT2D eigenvalue weighted by Gasteiger charge is 2.75. The van der Waals surface area contributed by atoms with E-state index in [1.165, 1.54) is 0 Å². The van der Waals surface area contributed by atoms with Gasteiger partial charge in [-0.05, 0) is 52.2 Å². The number of carbonyl (C=O) groups excluding carboxylic acids is 3. The summed E-state index contributed by atoms with van der Waals surface area (Å²) in [4.78, 5) is 48.4. The van der Waals surface area contributed by atoms with Crippen LogP contribution < -0.4 is 4.90 Å². The molecule has 1 spiro atoms. The molecule has 1 unspecified atom stereocenters. The predicted octanol–water partition coefficient (Wildman–Crippen LogP) is 3.16. The third kappa shape index (κ3) is 4.23. The smallest absolute Gasteiger partial charge is 0.249 e. The van der Waals surface area contributed by atoms with Crippen LogP contribution in [0.5, 0.6) is 0 Å². The van der Waals surface area contributed by atoms with Crippen molar-refractivity contribution < 1.29 is 24.2 Å². The molecule has 0 aromatic heterocycles. The largest absolute Gasteiger partial charge is 0.394 e. The molecule has 1 aromatic rings. The Bertz CT molecular complexity index is 1200. The normalized spacial score (nSPS) is 33.3. The molecule has 210 valence electrons. The lowest BCUT2D eigenvalue weighted by atomic mass is 9.74. The van der Waals surface area contributed by atoms with Crippen LogP contribution in [0.25, 0.3) is 0 Å². The standard InChI is InChI=1S/C31H41N3O5/c1-20(2)18-22(19-35)34-25-28(38)33(29(3,4)5)17-11-15-31(25)24(27(34)37)23-26(36)32(21-12-8-7-9-13-21)16-10-14-30(23,6)39-31/h7-15,20,22-25,35H,16-19H2,1-6H3/t22-,23+,24+,25?,30-,31+/m1/s1. The van der Waals surface area contributed by atoms with Gasteiger partial charge in [-0.3, -0.25) is 14.4 Å². The molecule has 1 aromatic carbocycles. The Morgan fingerprint density at radius 3 is 2.26 bits per heavy atom. The van der Waals surface area contributed by atoms with E-state index in [0.29, 0.717) is 19.5 Å². The van der Waals surface area contributed by atoms with Crippen LogP contribution in [0.2, 0.25) is 0 Å². The Labute approximate surface area is 231 Å². The number of carbonyl (C=O) groups is 3. The van der Waals surface area contributed by atoms with Gasteiger partial charge in [-0.2, -0.15) is 0 Å². The lowest BCUT2D eigenvalue weighted by molar-refractivity contribution is -0.157. The van der Waals surface area contributed by atoms with Gasteiger partial charge in [0.15, 0.2) is 0 Å². The van der Waals surface area contributed by atoms with E-state index in [4.69, 9.17) is 4.74 Å². The molecule has 2 saturated heterocycles. The van der Waals surface area contributed by atoms with Gasteiger partial charge in [-0.1, -0.05) is 56.4 Å². The minimum atomic E-state index is -1.34. The summed E-state index contributed by atoms with van der Waals surface area (Å²) >= 11 is 0. The van der Waals surface area contributed by atoms with Crippen LogP contribution in [0.15, 0.2) is 54.6 Å². The number of benzene rings is 1. The summed E-state index contributed by atoms with van der Waals surface area (Å²) in [6, 6.07) is 7.87. The number of nitrogens with zero attached hydrogens (tertiary/aromatic N) is 3. The van der Waals surface area contributed by atoms with Gasteiger partial charge in [-0.25, -0.2) is 0 Å². The Kier molecular flexibility index (Phi) is 6.79. The zero-order valence-electron chi connectivity index (χ0n) is 23.8. The minimum Gasteiger partial charge on any atom is -0.394 e. The van der Waals surface area contributed by atoms with Crippen molar-refractivity contribution in [2.45, 2.75) is 76.8 Å². The van der Waals surface area contributed by atoms with Gasteiger partial charge < -0.3 is 24.5 Å². The maximum absolute atomic E-state index is 14.6. The number of aliphatic hydroxyl groups excluding tert-OH is 1. The lowest BCUT2D eigenvalue weighted by Gasteiger charge is -2.43. The van der Waals surface area contributed by atoms with E-state index in [2.05, 4.69) is 0 Å². The first-order valence-corrected chi connectivity index (χ1v) is 14.0. The van der Waals surface area contributed by atoms with Crippen molar-refractivity contribution in [2.24, 2.45) is 17.8 Å². The van der Waals surface area contributed by atoms with Crippen molar-refractivity contribution in [3.05, 3.63) is 54.6 Å². The maximum Gasteiger partial charge on any atom is 0.249 e. The number of amides is 3. The fourth-order valence-corrected chi connectivity index (χ4v) is 7.12. The molecule has 0 bridgehead atoms. The van der Waals surface area contributed by atoms with E-state index in [-0.39, 0.29) is 30.2 Å². The molecule has 2 fully saturated rings. The number of fused-ring (bicyclic) bond motifs is 2. The molecule has 8 nitrogen and oxygen atoms in total. The number of aliphatic hydroxyl groups is 1. The molecule has 4 heterocycles. The third-order valence-electron chi connectivity index (χ3n) is 8.72. The van der Waals surface area contributed by atoms with Gasteiger partial charge in [0.25, 0.3) is 0 Å². The molecular weight excluding hydrogens is 494 g/mol. The van der Waals surface area contributed by atoms with Crippen molar-refractivity contribution in [2.75, 3.05) is 24.6 Å². The van der Waals surface area contributed by atoms with E-state index in [1.54, 1.807) is 14.7 Å². The van der Waals surface area contributed by atoms with Crippen LogP contribution in [0.4, 0.5) is 5.69 Å². The highest BCUT2D eigenvalue weighted by molar-refractivity contribution is 6.04. The summed E-state index contributed by atoms with van der Waals surface area (Å²) in [5.74, 6) is -2.29. The van der Waals surface area contributed by atoms with E-state index in [0.717, 1.165) is 5.69 Å². The Morgan fingerprint density at radius 2 is 1.64 bits per heavy atom. The summed E-state index contributed by atoms with van der Waals surface area (Å²) in [7, 11) is 0. The van der Waals surface area contributed by atoms with Crippen LogP contribution in [-0.2, 0) is 19.1 Å². The van der Waals surface area contributed by atoms with E-state index in [9.17, 15) is 19.5 Å². The molecule has 3 amide bonds. The second kappa shape index (κ2) is 9.59. The number of para-hydroxylation sites is 1. The van der Waals surface area contributed by atoms with Crippen molar-refractivity contribution in [1.29, 1.82) is 0 Å². The second-order valence-corrected chi connectivity index (χ2v) is 12.9. The van der Waals surface area contributed by atoms with Crippen LogP contribution in [0.3, 0.4) is 0 Å². The van der Waals surface area contributed by atoms with Crippen molar-refractivity contribution in [3.63, 3.8) is 0 Å². The van der Waals surface area contributed by atoms with Gasteiger partial charge in [0.1, 0.15) is 11.6 Å². The fraction of sp³-hybridized carbons (Fsp3) is 0.581. The average Bonchev–Trinajstić information content (AvgIpc) is 3.13. The number of anilines is 1. The van der Waals surface area contributed by atoms with Gasteiger partial charge in [0.05, 0.1) is 30.1 Å². The van der Waals surface area contributed by atoms with Crippen LogP contribution in [0, 0.1) is 17.8 Å². The minimum absolute atomic E-state index is 0.184. The van der Waals surface area contributed by atoms with Crippen LogP contribution >= 0.6 is 0 Å². The number of likely N-dealkylation sites (tertiary alicyclic amines) is 1. The first-order chi connectivity index (χ1) is 18.4. The quantitative estimate of drug-likeness (QED) is 0.585. The summed E-state index contributed by atoms with van der Waals surface area (Å²) < 4.78 is 6.90. The van der Waals surface area contributed by atoms with E-state index >= 15 is 0 Å². The molecule has 0 saturated carbocycles. The molecule has 0 radical (unpaired) electrons. The first-order valence-electron chi connectivity index (χ1n) is 14.0. The Hall–Kier alpha value is -2.97. The maximum atomic E-state index is 14.6. The molecular formula is C31H41N3O5. The summed E-state index contributed by atoms with van der Waals surface area (Å²) in [6.45, 7) is 12.3. The predicted molar refractivity (Wildman–Crippen MR) is 149 cm³/mol.